The molecule has 8 heteroatoms. The van der Waals surface area contributed by atoms with Crippen LogP contribution in [0, 0.1) is 10.1 Å². The first-order valence-corrected chi connectivity index (χ1v) is 6.73. The SMILES string of the molecule is CC1(N2Cc3c(cccc3[N+](=O)[O-])C2=O)CC(=O)CNC1=O. The second-order valence-electron chi connectivity index (χ2n) is 5.62. The van der Waals surface area contributed by atoms with Gasteiger partial charge in [0.2, 0.25) is 5.91 Å². The molecule has 22 heavy (non-hydrogen) atoms. The van der Waals surface area contributed by atoms with Gasteiger partial charge >= 0.3 is 0 Å². The fraction of sp³-hybridized carbons (Fsp3) is 0.357. The highest BCUT2D eigenvalue weighted by molar-refractivity contribution is 6.06. The summed E-state index contributed by atoms with van der Waals surface area (Å²) < 4.78 is 0. The zero-order valence-electron chi connectivity index (χ0n) is 11.8. The Bertz CT molecular complexity index is 729. The van der Waals surface area contributed by atoms with Gasteiger partial charge in [-0.3, -0.25) is 24.5 Å². The minimum Gasteiger partial charge on any atom is -0.347 e. The van der Waals surface area contributed by atoms with Crippen molar-refractivity contribution in [2.24, 2.45) is 0 Å². The molecule has 2 aliphatic rings. The second kappa shape index (κ2) is 4.62. The third kappa shape index (κ3) is 1.87. The van der Waals surface area contributed by atoms with Crippen molar-refractivity contribution in [2.45, 2.75) is 25.4 Å². The summed E-state index contributed by atoms with van der Waals surface area (Å²) in [7, 11) is 0. The summed E-state index contributed by atoms with van der Waals surface area (Å²) in [5.41, 5.74) is -0.982. The van der Waals surface area contributed by atoms with Gasteiger partial charge in [-0.15, -0.1) is 0 Å². The zero-order chi connectivity index (χ0) is 16.1. The number of fused-ring (bicyclic) bond motifs is 1. The number of carbonyl (C=O) groups excluding carboxylic acids is 3. The number of nitrogens with one attached hydrogen (secondary N) is 1. The van der Waals surface area contributed by atoms with E-state index >= 15 is 0 Å². The van der Waals surface area contributed by atoms with Crippen LogP contribution >= 0.6 is 0 Å². The summed E-state index contributed by atoms with van der Waals surface area (Å²) in [6.07, 6.45) is -0.0909. The van der Waals surface area contributed by atoms with E-state index in [9.17, 15) is 24.5 Å². The van der Waals surface area contributed by atoms with Crippen molar-refractivity contribution in [1.29, 1.82) is 0 Å². The number of nitrogens with zero attached hydrogens (tertiary/aromatic N) is 2. The number of nitro benzene ring substituents is 1. The molecule has 0 spiro atoms. The number of nitro groups is 1. The molecule has 1 N–H and O–H groups in total. The molecule has 2 aliphatic heterocycles. The van der Waals surface area contributed by atoms with Crippen molar-refractivity contribution in [3.63, 3.8) is 0 Å². The van der Waals surface area contributed by atoms with E-state index in [1.165, 1.54) is 30.0 Å². The molecule has 0 bridgehead atoms. The summed E-state index contributed by atoms with van der Waals surface area (Å²) in [4.78, 5) is 48.2. The van der Waals surface area contributed by atoms with Crippen LogP contribution in [0.25, 0.3) is 0 Å². The number of rotatable bonds is 2. The van der Waals surface area contributed by atoms with Gasteiger partial charge in [0.1, 0.15) is 5.54 Å². The smallest absolute Gasteiger partial charge is 0.275 e. The van der Waals surface area contributed by atoms with Crippen molar-refractivity contribution in [2.75, 3.05) is 6.54 Å². The van der Waals surface area contributed by atoms with E-state index in [4.69, 9.17) is 0 Å². The van der Waals surface area contributed by atoms with Crippen LogP contribution in [0.15, 0.2) is 18.2 Å². The highest BCUT2D eigenvalue weighted by atomic mass is 16.6. The number of carbonyl (C=O) groups is 3. The number of Topliss-reactive ketones (excluding diaryl/α,β-unsaturated/α-hetero) is 1. The first kappa shape index (κ1) is 14.2. The minimum absolute atomic E-state index is 0.0520. The van der Waals surface area contributed by atoms with Gasteiger partial charge in [-0.05, 0) is 13.0 Å². The van der Waals surface area contributed by atoms with Crippen LogP contribution in [0.4, 0.5) is 5.69 Å². The molecule has 0 radical (unpaired) electrons. The van der Waals surface area contributed by atoms with Crippen molar-refractivity contribution < 1.29 is 19.3 Å². The minimum atomic E-state index is -1.32. The molecule has 0 saturated carbocycles. The van der Waals surface area contributed by atoms with Crippen LogP contribution in [-0.2, 0) is 16.1 Å². The standard InChI is InChI=1S/C14H13N3O5/c1-14(5-8(18)6-15-13(14)20)16-7-10-9(12(16)19)3-2-4-11(10)17(21)22/h2-4H,5-7H2,1H3,(H,15,20). The average Bonchev–Trinajstić information content (AvgIpc) is 2.81. The Hall–Kier alpha value is -2.77. The highest BCUT2D eigenvalue weighted by Gasteiger charge is 2.50. The number of ketones is 1. The van der Waals surface area contributed by atoms with Gasteiger partial charge < -0.3 is 10.2 Å². The summed E-state index contributed by atoms with van der Waals surface area (Å²) in [6, 6.07) is 4.26. The molecule has 1 atom stereocenters. The van der Waals surface area contributed by atoms with E-state index in [0.29, 0.717) is 0 Å². The van der Waals surface area contributed by atoms with Crippen molar-refractivity contribution in [3.8, 4) is 0 Å². The second-order valence-corrected chi connectivity index (χ2v) is 5.62. The maximum atomic E-state index is 12.5. The summed E-state index contributed by atoms with van der Waals surface area (Å²) in [5, 5.41) is 13.6. The lowest BCUT2D eigenvalue weighted by Crippen LogP contribution is -2.62. The molecule has 1 saturated heterocycles. The quantitative estimate of drug-likeness (QED) is 0.628. The van der Waals surface area contributed by atoms with Crippen LogP contribution in [0.2, 0.25) is 0 Å². The topological polar surface area (TPSA) is 110 Å². The van der Waals surface area contributed by atoms with Gasteiger partial charge in [0.15, 0.2) is 5.78 Å². The molecule has 2 amide bonds. The number of hydrogen-bond donors (Lipinski definition) is 1. The fourth-order valence-electron chi connectivity index (χ4n) is 3.00. The number of amides is 2. The van der Waals surface area contributed by atoms with Gasteiger partial charge in [-0.2, -0.15) is 0 Å². The molecule has 8 nitrogen and oxygen atoms in total. The molecular weight excluding hydrogens is 290 g/mol. The monoisotopic (exact) mass is 303 g/mol. The van der Waals surface area contributed by atoms with E-state index < -0.39 is 22.3 Å². The largest absolute Gasteiger partial charge is 0.347 e. The number of hydrogen-bond acceptors (Lipinski definition) is 5. The Morgan fingerprint density at radius 2 is 2.05 bits per heavy atom. The van der Waals surface area contributed by atoms with Gasteiger partial charge in [0.05, 0.1) is 29.1 Å². The molecule has 0 aromatic heterocycles. The predicted octanol–water partition coefficient (Wildman–Crippen LogP) is 0.398. The van der Waals surface area contributed by atoms with Gasteiger partial charge in [-0.1, -0.05) is 6.07 Å². The van der Waals surface area contributed by atoms with Crippen LogP contribution < -0.4 is 5.32 Å². The van der Waals surface area contributed by atoms with Crippen LogP contribution in [-0.4, -0.2) is 39.5 Å². The first-order chi connectivity index (χ1) is 10.3. The van der Waals surface area contributed by atoms with E-state index in [1.807, 2.05) is 0 Å². The molecule has 1 fully saturated rings. The van der Waals surface area contributed by atoms with Crippen LogP contribution in [0.3, 0.4) is 0 Å². The van der Waals surface area contributed by atoms with Crippen LogP contribution in [0.5, 0.6) is 0 Å². The van der Waals surface area contributed by atoms with E-state index in [2.05, 4.69) is 5.32 Å². The van der Waals surface area contributed by atoms with E-state index in [-0.39, 0.29) is 42.1 Å². The maximum absolute atomic E-state index is 12.5. The molecule has 1 aromatic carbocycles. The third-order valence-electron chi connectivity index (χ3n) is 4.21. The van der Waals surface area contributed by atoms with Crippen molar-refractivity contribution in [3.05, 3.63) is 39.4 Å². The molecule has 1 aromatic rings. The lowest BCUT2D eigenvalue weighted by atomic mass is 9.88. The summed E-state index contributed by atoms with van der Waals surface area (Å²) in [5.74, 6) is -1.07. The van der Waals surface area contributed by atoms with Crippen molar-refractivity contribution >= 4 is 23.3 Å². The van der Waals surface area contributed by atoms with Crippen LogP contribution in [0.1, 0.15) is 29.3 Å². The fourth-order valence-corrected chi connectivity index (χ4v) is 3.00. The number of piperidine rings is 1. The Morgan fingerprint density at radius 1 is 1.32 bits per heavy atom. The molecule has 3 rings (SSSR count). The van der Waals surface area contributed by atoms with Crippen molar-refractivity contribution in [1.82, 2.24) is 10.2 Å². The molecule has 114 valence electrons. The molecular formula is C14H13N3O5. The van der Waals surface area contributed by atoms with Gasteiger partial charge in [-0.25, -0.2) is 0 Å². The first-order valence-electron chi connectivity index (χ1n) is 6.73. The normalized spacial score (nSPS) is 24.2. The van der Waals surface area contributed by atoms with Gasteiger partial charge in [0, 0.05) is 12.5 Å². The highest BCUT2D eigenvalue weighted by Crippen LogP contribution is 2.36. The Kier molecular flexibility index (Phi) is 2.98. The summed E-state index contributed by atoms with van der Waals surface area (Å²) >= 11 is 0. The summed E-state index contributed by atoms with van der Waals surface area (Å²) in [6.45, 7) is 1.40. The zero-order valence-corrected chi connectivity index (χ0v) is 11.8. The average molecular weight is 303 g/mol. The lowest BCUT2D eigenvalue weighted by Gasteiger charge is -2.39. The predicted molar refractivity (Wildman–Crippen MR) is 74.0 cm³/mol. The van der Waals surface area contributed by atoms with E-state index in [0.717, 1.165) is 0 Å². The molecule has 2 heterocycles. The Morgan fingerprint density at radius 3 is 2.73 bits per heavy atom. The van der Waals surface area contributed by atoms with Gasteiger partial charge in [0.25, 0.3) is 11.6 Å². The number of benzene rings is 1. The lowest BCUT2D eigenvalue weighted by molar-refractivity contribution is -0.385. The molecule has 0 aliphatic carbocycles. The molecule has 1 unspecified atom stereocenters. The Labute approximate surface area is 125 Å². The van der Waals surface area contributed by atoms with E-state index in [1.54, 1.807) is 0 Å². The third-order valence-corrected chi connectivity index (χ3v) is 4.21. The maximum Gasteiger partial charge on any atom is 0.275 e. The Balaban J connectivity index is 2.04.